The van der Waals surface area contributed by atoms with Crippen molar-refractivity contribution in [3.05, 3.63) is 42.7 Å². The molecule has 0 aliphatic heterocycles. The molecule has 2 N–H and O–H groups in total. The Labute approximate surface area is 120 Å². The van der Waals surface area contributed by atoms with Crippen LogP contribution in [0.25, 0.3) is 11.4 Å². The molecule has 2 aromatic rings. The summed E-state index contributed by atoms with van der Waals surface area (Å²) in [6, 6.07) is 10.4. The van der Waals surface area contributed by atoms with Crippen LogP contribution < -0.4 is 5.32 Å². The lowest BCUT2D eigenvalue weighted by atomic mass is 10.0. The predicted octanol–water partition coefficient (Wildman–Crippen LogP) is 2.30. The molecule has 1 unspecified atom stereocenters. The monoisotopic (exact) mass is 273 g/mol. The summed E-state index contributed by atoms with van der Waals surface area (Å²) in [5.41, 5.74) is 0.723. The topological polar surface area (TPSA) is 50.1 Å². The van der Waals surface area contributed by atoms with Crippen LogP contribution in [0.15, 0.2) is 42.7 Å². The van der Waals surface area contributed by atoms with Crippen molar-refractivity contribution in [2.75, 3.05) is 6.61 Å². The van der Waals surface area contributed by atoms with Crippen LogP contribution in [0.1, 0.15) is 20.8 Å². The van der Waals surface area contributed by atoms with Gasteiger partial charge in [-0.1, -0.05) is 44.2 Å². The Balaban J connectivity index is 2.24. The third kappa shape index (κ3) is 3.46. The minimum atomic E-state index is -0.363. The number of imidazole rings is 1. The fraction of sp³-hybridized carbons (Fsp3) is 0.438. The molecule has 1 atom stereocenters. The van der Waals surface area contributed by atoms with Crippen LogP contribution in [-0.2, 0) is 6.54 Å². The number of aliphatic hydroxyl groups is 1. The number of benzene rings is 1. The quantitative estimate of drug-likeness (QED) is 0.849. The van der Waals surface area contributed by atoms with E-state index >= 15 is 0 Å². The maximum atomic E-state index is 9.70. The first-order valence-corrected chi connectivity index (χ1v) is 6.99. The van der Waals surface area contributed by atoms with E-state index in [1.165, 1.54) is 0 Å². The zero-order valence-corrected chi connectivity index (χ0v) is 12.4. The predicted molar refractivity (Wildman–Crippen MR) is 81.4 cm³/mol. The number of nitrogens with one attached hydrogen (secondary N) is 1. The van der Waals surface area contributed by atoms with Crippen LogP contribution in [0.4, 0.5) is 0 Å². The molecule has 108 valence electrons. The van der Waals surface area contributed by atoms with Gasteiger partial charge in [0.15, 0.2) is 0 Å². The lowest BCUT2D eigenvalue weighted by Gasteiger charge is -2.32. The van der Waals surface area contributed by atoms with Crippen LogP contribution in [0.3, 0.4) is 0 Å². The SMILES string of the molecule is CC(C)NC(C)(CO)Cn1ccnc1-c1ccccc1. The van der Waals surface area contributed by atoms with Crippen molar-refractivity contribution in [3.8, 4) is 11.4 Å². The number of aliphatic hydroxyl groups excluding tert-OH is 1. The Morgan fingerprint density at radius 1 is 1.30 bits per heavy atom. The van der Waals surface area contributed by atoms with Gasteiger partial charge in [0, 0.05) is 30.5 Å². The number of aromatic nitrogens is 2. The van der Waals surface area contributed by atoms with E-state index < -0.39 is 0 Å². The fourth-order valence-electron chi connectivity index (χ4n) is 2.50. The van der Waals surface area contributed by atoms with E-state index in [1.54, 1.807) is 6.20 Å². The molecule has 20 heavy (non-hydrogen) atoms. The Morgan fingerprint density at radius 2 is 2.00 bits per heavy atom. The van der Waals surface area contributed by atoms with Gasteiger partial charge in [0.05, 0.1) is 12.1 Å². The van der Waals surface area contributed by atoms with Gasteiger partial charge >= 0.3 is 0 Å². The van der Waals surface area contributed by atoms with Gasteiger partial charge in [0.25, 0.3) is 0 Å². The molecular formula is C16H23N3O. The Morgan fingerprint density at radius 3 is 2.60 bits per heavy atom. The van der Waals surface area contributed by atoms with Crippen molar-refractivity contribution < 1.29 is 5.11 Å². The first-order chi connectivity index (χ1) is 9.54. The smallest absolute Gasteiger partial charge is 0.139 e. The minimum absolute atomic E-state index is 0.0809. The van der Waals surface area contributed by atoms with Gasteiger partial charge in [0.1, 0.15) is 5.82 Å². The standard InChI is InChI=1S/C16H23N3O/c1-13(2)18-16(3,12-20)11-19-10-9-17-15(19)14-7-5-4-6-8-14/h4-10,13,18,20H,11-12H2,1-3H3. The first kappa shape index (κ1) is 14.8. The summed E-state index contributed by atoms with van der Waals surface area (Å²) < 4.78 is 2.08. The van der Waals surface area contributed by atoms with E-state index in [-0.39, 0.29) is 12.1 Å². The molecule has 0 aliphatic rings. The number of hydrogen-bond donors (Lipinski definition) is 2. The lowest BCUT2D eigenvalue weighted by molar-refractivity contribution is 0.149. The van der Waals surface area contributed by atoms with E-state index in [0.717, 1.165) is 11.4 Å². The molecule has 0 spiro atoms. The molecule has 0 radical (unpaired) electrons. The summed E-state index contributed by atoms with van der Waals surface area (Å²) in [6.07, 6.45) is 3.76. The Kier molecular flexibility index (Phi) is 4.57. The van der Waals surface area contributed by atoms with E-state index in [1.807, 2.05) is 43.5 Å². The highest BCUT2D eigenvalue weighted by molar-refractivity contribution is 5.55. The summed E-state index contributed by atoms with van der Waals surface area (Å²) in [5.74, 6) is 0.927. The molecule has 4 heteroatoms. The second kappa shape index (κ2) is 6.20. The van der Waals surface area contributed by atoms with Crippen molar-refractivity contribution in [2.45, 2.75) is 38.9 Å². The molecular weight excluding hydrogens is 250 g/mol. The highest BCUT2D eigenvalue weighted by Crippen LogP contribution is 2.19. The van der Waals surface area contributed by atoms with Crippen molar-refractivity contribution in [1.29, 1.82) is 0 Å². The Hall–Kier alpha value is -1.65. The number of rotatable bonds is 6. The average Bonchev–Trinajstić information content (AvgIpc) is 2.86. The highest BCUT2D eigenvalue weighted by atomic mass is 16.3. The summed E-state index contributed by atoms with van der Waals surface area (Å²) in [6.45, 7) is 6.95. The van der Waals surface area contributed by atoms with E-state index in [4.69, 9.17) is 0 Å². The third-order valence-electron chi connectivity index (χ3n) is 3.25. The normalized spacial score (nSPS) is 14.4. The van der Waals surface area contributed by atoms with E-state index in [2.05, 4.69) is 28.7 Å². The molecule has 4 nitrogen and oxygen atoms in total. The summed E-state index contributed by atoms with van der Waals surface area (Å²) in [5, 5.41) is 13.1. The summed E-state index contributed by atoms with van der Waals surface area (Å²) >= 11 is 0. The molecule has 1 aromatic heterocycles. The lowest BCUT2D eigenvalue weighted by Crippen LogP contribution is -2.52. The molecule has 0 aliphatic carbocycles. The van der Waals surface area contributed by atoms with Crippen molar-refractivity contribution in [3.63, 3.8) is 0 Å². The molecule has 0 amide bonds. The van der Waals surface area contributed by atoms with Crippen LogP contribution in [-0.4, -0.2) is 32.8 Å². The van der Waals surface area contributed by atoms with Crippen molar-refractivity contribution in [2.24, 2.45) is 0 Å². The van der Waals surface area contributed by atoms with Gasteiger partial charge in [-0.2, -0.15) is 0 Å². The van der Waals surface area contributed by atoms with Gasteiger partial charge in [0.2, 0.25) is 0 Å². The Bertz CT molecular complexity index is 536. The average molecular weight is 273 g/mol. The zero-order valence-electron chi connectivity index (χ0n) is 12.4. The van der Waals surface area contributed by atoms with Crippen LogP contribution in [0.5, 0.6) is 0 Å². The van der Waals surface area contributed by atoms with E-state index in [0.29, 0.717) is 12.6 Å². The number of nitrogens with zero attached hydrogens (tertiary/aromatic N) is 2. The molecule has 2 rings (SSSR count). The molecule has 1 heterocycles. The van der Waals surface area contributed by atoms with Crippen molar-refractivity contribution in [1.82, 2.24) is 14.9 Å². The van der Waals surface area contributed by atoms with Gasteiger partial charge in [-0.15, -0.1) is 0 Å². The maximum Gasteiger partial charge on any atom is 0.139 e. The van der Waals surface area contributed by atoms with Crippen LogP contribution in [0.2, 0.25) is 0 Å². The minimum Gasteiger partial charge on any atom is -0.394 e. The van der Waals surface area contributed by atoms with Crippen molar-refractivity contribution >= 4 is 0 Å². The van der Waals surface area contributed by atoms with E-state index in [9.17, 15) is 5.11 Å². The first-order valence-electron chi connectivity index (χ1n) is 6.99. The van der Waals surface area contributed by atoms with Crippen LogP contribution >= 0.6 is 0 Å². The molecule has 0 fully saturated rings. The third-order valence-corrected chi connectivity index (χ3v) is 3.25. The summed E-state index contributed by atoms with van der Waals surface area (Å²) in [4.78, 5) is 4.44. The molecule has 0 saturated heterocycles. The molecule has 0 bridgehead atoms. The summed E-state index contributed by atoms with van der Waals surface area (Å²) in [7, 11) is 0. The van der Waals surface area contributed by atoms with Gasteiger partial charge in [-0.3, -0.25) is 0 Å². The molecule has 0 saturated carbocycles. The van der Waals surface area contributed by atoms with Gasteiger partial charge in [-0.05, 0) is 6.92 Å². The van der Waals surface area contributed by atoms with Gasteiger partial charge < -0.3 is 15.0 Å². The fourth-order valence-corrected chi connectivity index (χ4v) is 2.50. The maximum absolute atomic E-state index is 9.70. The second-order valence-corrected chi connectivity index (χ2v) is 5.76. The zero-order chi connectivity index (χ0) is 14.6. The largest absolute Gasteiger partial charge is 0.394 e. The molecule has 1 aromatic carbocycles. The van der Waals surface area contributed by atoms with Gasteiger partial charge in [-0.25, -0.2) is 4.98 Å². The second-order valence-electron chi connectivity index (χ2n) is 5.76. The highest BCUT2D eigenvalue weighted by Gasteiger charge is 2.25. The number of hydrogen-bond acceptors (Lipinski definition) is 3. The van der Waals surface area contributed by atoms with Crippen LogP contribution in [0, 0.1) is 0 Å².